The Balaban J connectivity index is 2.28. The minimum absolute atomic E-state index is 0.690. The Hall–Kier alpha value is -2.18. The van der Waals surface area contributed by atoms with Crippen LogP contribution < -0.4 is 0 Å². The molecule has 3 heteroatoms. The highest BCUT2D eigenvalue weighted by Crippen LogP contribution is 2.35. The zero-order valence-corrected chi connectivity index (χ0v) is 11.3. The summed E-state index contributed by atoms with van der Waals surface area (Å²) in [5.41, 5.74) is 4.10. The summed E-state index contributed by atoms with van der Waals surface area (Å²) in [6.45, 7) is 0. The van der Waals surface area contributed by atoms with Gasteiger partial charge in [0.15, 0.2) is 0 Å². The Morgan fingerprint density at radius 3 is 2.74 bits per heavy atom. The molecule has 3 rings (SSSR count). The van der Waals surface area contributed by atoms with Gasteiger partial charge in [0.2, 0.25) is 0 Å². The molecule has 2 aromatic carbocycles. The van der Waals surface area contributed by atoms with Crippen LogP contribution in [0.1, 0.15) is 5.56 Å². The zero-order valence-electron chi connectivity index (χ0n) is 10.5. The molecule has 3 aromatic rings. The molecule has 0 amide bonds. The SMILES string of the molecule is CSc1ccccc1-c1c[nH]c2ccc(C#N)cc12. The minimum atomic E-state index is 0.690. The van der Waals surface area contributed by atoms with E-state index in [-0.39, 0.29) is 0 Å². The topological polar surface area (TPSA) is 39.6 Å². The van der Waals surface area contributed by atoms with E-state index in [0.717, 1.165) is 16.5 Å². The fourth-order valence-electron chi connectivity index (χ4n) is 2.28. The summed E-state index contributed by atoms with van der Waals surface area (Å²) in [6.07, 6.45) is 4.09. The molecule has 1 heterocycles. The summed E-state index contributed by atoms with van der Waals surface area (Å²) >= 11 is 1.73. The first-order valence-electron chi connectivity index (χ1n) is 5.98. The monoisotopic (exact) mass is 264 g/mol. The van der Waals surface area contributed by atoms with E-state index in [1.54, 1.807) is 11.8 Å². The van der Waals surface area contributed by atoms with Crippen LogP contribution in [0.15, 0.2) is 53.6 Å². The number of H-pyrrole nitrogens is 1. The van der Waals surface area contributed by atoms with Crippen LogP contribution >= 0.6 is 11.8 Å². The first-order chi connectivity index (χ1) is 9.33. The van der Waals surface area contributed by atoms with Gasteiger partial charge in [-0.25, -0.2) is 0 Å². The number of aromatic nitrogens is 1. The van der Waals surface area contributed by atoms with E-state index in [1.807, 2.05) is 36.5 Å². The highest BCUT2D eigenvalue weighted by Gasteiger charge is 2.10. The third-order valence-electron chi connectivity index (χ3n) is 3.21. The lowest BCUT2D eigenvalue weighted by Crippen LogP contribution is -1.80. The van der Waals surface area contributed by atoms with Crippen molar-refractivity contribution < 1.29 is 0 Å². The highest BCUT2D eigenvalue weighted by atomic mass is 32.2. The number of aromatic amines is 1. The molecule has 0 fully saturated rings. The summed E-state index contributed by atoms with van der Waals surface area (Å²) < 4.78 is 0. The Morgan fingerprint density at radius 2 is 1.95 bits per heavy atom. The molecule has 0 unspecified atom stereocenters. The van der Waals surface area contributed by atoms with Gasteiger partial charge in [-0.3, -0.25) is 0 Å². The molecule has 0 saturated heterocycles. The number of nitrogens with zero attached hydrogens (tertiary/aromatic N) is 1. The molecule has 2 nitrogen and oxygen atoms in total. The Labute approximate surface area is 116 Å². The standard InChI is InChI=1S/C16H12N2S/c1-19-16-5-3-2-4-12(16)14-10-18-15-7-6-11(9-17)8-13(14)15/h2-8,10,18H,1H3. The summed E-state index contributed by atoms with van der Waals surface area (Å²) in [4.78, 5) is 4.51. The van der Waals surface area contributed by atoms with Crippen LogP contribution in [0.2, 0.25) is 0 Å². The van der Waals surface area contributed by atoms with Gasteiger partial charge in [0.05, 0.1) is 11.6 Å². The van der Waals surface area contributed by atoms with E-state index in [9.17, 15) is 0 Å². The lowest BCUT2D eigenvalue weighted by atomic mass is 10.0. The van der Waals surface area contributed by atoms with E-state index < -0.39 is 0 Å². The van der Waals surface area contributed by atoms with Crippen molar-refractivity contribution in [3.05, 3.63) is 54.2 Å². The third kappa shape index (κ3) is 2.00. The lowest BCUT2D eigenvalue weighted by molar-refractivity contribution is 1.43. The minimum Gasteiger partial charge on any atom is -0.361 e. The van der Waals surface area contributed by atoms with Crippen LogP contribution in [0.5, 0.6) is 0 Å². The molecule has 0 aliphatic heterocycles. The number of fused-ring (bicyclic) bond motifs is 1. The van der Waals surface area contributed by atoms with Gasteiger partial charge in [-0.15, -0.1) is 11.8 Å². The van der Waals surface area contributed by atoms with Gasteiger partial charge in [0.1, 0.15) is 0 Å². The molecule has 0 aliphatic rings. The van der Waals surface area contributed by atoms with Crippen molar-refractivity contribution in [1.82, 2.24) is 4.98 Å². The number of rotatable bonds is 2. The zero-order chi connectivity index (χ0) is 13.2. The van der Waals surface area contributed by atoms with Crippen LogP contribution in [0, 0.1) is 11.3 Å². The Bertz CT molecular complexity index is 781. The van der Waals surface area contributed by atoms with Crippen molar-refractivity contribution in [3.8, 4) is 17.2 Å². The maximum atomic E-state index is 9.03. The number of hydrogen-bond donors (Lipinski definition) is 1. The summed E-state index contributed by atoms with van der Waals surface area (Å²) in [6, 6.07) is 16.3. The number of thioether (sulfide) groups is 1. The summed E-state index contributed by atoms with van der Waals surface area (Å²) in [7, 11) is 0. The van der Waals surface area contributed by atoms with Gasteiger partial charge in [0, 0.05) is 27.6 Å². The molecule has 0 saturated carbocycles. The Morgan fingerprint density at radius 1 is 1.11 bits per heavy atom. The summed E-state index contributed by atoms with van der Waals surface area (Å²) in [5.74, 6) is 0. The van der Waals surface area contributed by atoms with Crippen LogP contribution in [0.3, 0.4) is 0 Å². The number of nitriles is 1. The van der Waals surface area contributed by atoms with Crippen molar-refractivity contribution in [2.75, 3.05) is 6.26 Å². The second-order valence-electron chi connectivity index (χ2n) is 4.27. The van der Waals surface area contributed by atoms with Crippen LogP contribution in [0.25, 0.3) is 22.0 Å². The molecular formula is C16H12N2S. The maximum absolute atomic E-state index is 9.03. The second kappa shape index (κ2) is 4.83. The smallest absolute Gasteiger partial charge is 0.0991 e. The molecule has 0 atom stereocenters. The molecule has 0 aliphatic carbocycles. The van der Waals surface area contributed by atoms with Crippen molar-refractivity contribution >= 4 is 22.7 Å². The number of nitrogens with one attached hydrogen (secondary N) is 1. The predicted molar refractivity (Wildman–Crippen MR) is 80.2 cm³/mol. The van der Waals surface area contributed by atoms with Crippen LogP contribution in [-0.4, -0.2) is 11.2 Å². The lowest BCUT2D eigenvalue weighted by Gasteiger charge is -2.05. The molecule has 0 bridgehead atoms. The van der Waals surface area contributed by atoms with E-state index in [1.165, 1.54) is 10.5 Å². The molecular weight excluding hydrogens is 252 g/mol. The largest absolute Gasteiger partial charge is 0.361 e. The van der Waals surface area contributed by atoms with Crippen molar-refractivity contribution in [2.45, 2.75) is 4.90 Å². The van der Waals surface area contributed by atoms with Crippen LogP contribution in [-0.2, 0) is 0 Å². The van der Waals surface area contributed by atoms with Gasteiger partial charge >= 0.3 is 0 Å². The van der Waals surface area contributed by atoms with E-state index in [0.29, 0.717) is 5.56 Å². The number of hydrogen-bond acceptors (Lipinski definition) is 2. The fraction of sp³-hybridized carbons (Fsp3) is 0.0625. The molecule has 0 radical (unpaired) electrons. The van der Waals surface area contributed by atoms with Crippen LogP contribution in [0.4, 0.5) is 0 Å². The average molecular weight is 264 g/mol. The van der Waals surface area contributed by atoms with Crippen molar-refractivity contribution in [3.63, 3.8) is 0 Å². The maximum Gasteiger partial charge on any atom is 0.0991 e. The van der Waals surface area contributed by atoms with Crippen molar-refractivity contribution in [2.24, 2.45) is 0 Å². The first-order valence-corrected chi connectivity index (χ1v) is 7.20. The van der Waals surface area contributed by atoms with Gasteiger partial charge in [-0.2, -0.15) is 5.26 Å². The van der Waals surface area contributed by atoms with Gasteiger partial charge in [0.25, 0.3) is 0 Å². The number of benzene rings is 2. The first kappa shape index (κ1) is 11.9. The summed E-state index contributed by atoms with van der Waals surface area (Å²) in [5, 5.41) is 10.1. The molecule has 92 valence electrons. The molecule has 1 aromatic heterocycles. The average Bonchev–Trinajstić information content (AvgIpc) is 2.89. The fourth-order valence-corrected chi connectivity index (χ4v) is 2.89. The van der Waals surface area contributed by atoms with Crippen molar-refractivity contribution in [1.29, 1.82) is 5.26 Å². The van der Waals surface area contributed by atoms with E-state index >= 15 is 0 Å². The van der Waals surface area contributed by atoms with E-state index in [4.69, 9.17) is 5.26 Å². The quantitative estimate of drug-likeness (QED) is 0.695. The molecule has 0 spiro atoms. The van der Waals surface area contributed by atoms with E-state index in [2.05, 4.69) is 29.4 Å². The van der Waals surface area contributed by atoms with Gasteiger partial charge < -0.3 is 4.98 Å². The molecule has 19 heavy (non-hydrogen) atoms. The van der Waals surface area contributed by atoms with Gasteiger partial charge in [-0.05, 0) is 36.1 Å². The third-order valence-corrected chi connectivity index (χ3v) is 4.00. The Kier molecular flexibility index (Phi) is 3.02. The normalized spacial score (nSPS) is 10.5. The molecule has 1 N–H and O–H groups in total. The second-order valence-corrected chi connectivity index (χ2v) is 5.12. The van der Waals surface area contributed by atoms with Gasteiger partial charge in [-0.1, -0.05) is 18.2 Å². The predicted octanol–water partition coefficient (Wildman–Crippen LogP) is 4.43. The highest BCUT2D eigenvalue weighted by molar-refractivity contribution is 7.98.